The minimum absolute atomic E-state index is 0.0732. The standard InChI is InChI=1S/C17H23NO/c1-2-15-9-11-18(12-10-15)14-17-7-4-3-6-16(17)8-5-13-19/h3-4,6-7,15,19H,2,9-14H2,1H3. The number of likely N-dealkylation sites (tertiary alicyclic amines) is 1. The Morgan fingerprint density at radius 1 is 1.26 bits per heavy atom. The van der Waals surface area contributed by atoms with Crippen molar-refractivity contribution in [1.82, 2.24) is 4.90 Å². The van der Waals surface area contributed by atoms with Gasteiger partial charge in [-0.25, -0.2) is 0 Å². The molecule has 1 aliphatic heterocycles. The third-order valence-corrected chi connectivity index (χ3v) is 4.00. The van der Waals surface area contributed by atoms with Crippen LogP contribution in [-0.2, 0) is 6.54 Å². The van der Waals surface area contributed by atoms with E-state index in [4.69, 9.17) is 5.11 Å². The highest BCUT2D eigenvalue weighted by Gasteiger charge is 2.18. The molecule has 0 bridgehead atoms. The van der Waals surface area contributed by atoms with Crippen molar-refractivity contribution in [2.24, 2.45) is 5.92 Å². The van der Waals surface area contributed by atoms with Crippen LogP contribution in [0.1, 0.15) is 37.3 Å². The van der Waals surface area contributed by atoms with Crippen LogP contribution in [0.3, 0.4) is 0 Å². The van der Waals surface area contributed by atoms with Crippen molar-refractivity contribution in [1.29, 1.82) is 0 Å². The number of nitrogens with zero attached hydrogens (tertiary/aromatic N) is 1. The van der Waals surface area contributed by atoms with E-state index >= 15 is 0 Å². The van der Waals surface area contributed by atoms with Gasteiger partial charge in [-0.15, -0.1) is 0 Å². The molecule has 1 heterocycles. The Labute approximate surface area is 116 Å². The number of aliphatic hydroxyl groups is 1. The zero-order valence-electron chi connectivity index (χ0n) is 11.7. The van der Waals surface area contributed by atoms with Gasteiger partial charge in [0.15, 0.2) is 0 Å². The fourth-order valence-electron chi connectivity index (χ4n) is 2.71. The van der Waals surface area contributed by atoms with E-state index in [1.165, 1.54) is 37.9 Å². The number of piperidine rings is 1. The Morgan fingerprint density at radius 2 is 2.00 bits per heavy atom. The normalized spacial score (nSPS) is 16.9. The van der Waals surface area contributed by atoms with Crippen LogP contribution < -0.4 is 0 Å². The number of hydrogen-bond donors (Lipinski definition) is 1. The Kier molecular flexibility index (Phi) is 5.44. The second-order valence-electron chi connectivity index (χ2n) is 5.24. The molecule has 0 aromatic heterocycles. The molecule has 0 amide bonds. The first-order chi connectivity index (χ1) is 9.33. The summed E-state index contributed by atoms with van der Waals surface area (Å²) in [6.07, 6.45) is 3.95. The fraction of sp³-hybridized carbons (Fsp3) is 0.529. The minimum Gasteiger partial charge on any atom is -0.384 e. The highest BCUT2D eigenvalue weighted by Crippen LogP contribution is 2.22. The first-order valence-corrected chi connectivity index (χ1v) is 7.23. The van der Waals surface area contributed by atoms with Gasteiger partial charge in [-0.2, -0.15) is 0 Å². The first-order valence-electron chi connectivity index (χ1n) is 7.23. The molecule has 1 aromatic rings. The average molecular weight is 257 g/mol. The van der Waals surface area contributed by atoms with Gasteiger partial charge >= 0.3 is 0 Å². The van der Waals surface area contributed by atoms with Gasteiger partial charge in [0.05, 0.1) is 0 Å². The summed E-state index contributed by atoms with van der Waals surface area (Å²) in [6.45, 7) is 5.59. The zero-order chi connectivity index (χ0) is 13.5. The number of rotatable bonds is 3. The van der Waals surface area contributed by atoms with E-state index in [1.54, 1.807) is 0 Å². The first kappa shape index (κ1) is 14.1. The Balaban J connectivity index is 1.99. The van der Waals surface area contributed by atoms with Crippen LogP contribution in [0.25, 0.3) is 0 Å². The summed E-state index contributed by atoms with van der Waals surface area (Å²) < 4.78 is 0. The lowest BCUT2D eigenvalue weighted by molar-refractivity contribution is 0.175. The molecule has 0 radical (unpaired) electrons. The predicted molar refractivity (Wildman–Crippen MR) is 78.7 cm³/mol. The molecular formula is C17H23NO. The van der Waals surface area contributed by atoms with Crippen LogP contribution in [0.15, 0.2) is 24.3 Å². The van der Waals surface area contributed by atoms with Crippen molar-refractivity contribution in [3.05, 3.63) is 35.4 Å². The van der Waals surface area contributed by atoms with E-state index in [-0.39, 0.29) is 6.61 Å². The molecule has 2 rings (SSSR count). The average Bonchev–Trinajstić information content (AvgIpc) is 2.47. The molecular weight excluding hydrogens is 234 g/mol. The van der Waals surface area contributed by atoms with Crippen LogP contribution in [0.4, 0.5) is 0 Å². The van der Waals surface area contributed by atoms with Crippen LogP contribution >= 0.6 is 0 Å². The van der Waals surface area contributed by atoms with E-state index in [0.717, 1.165) is 18.0 Å². The largest absolute Gasteiger partial charge is 0.384 e. The van der Waals surface area contributed by atoms with Gasteiger partial charge in [0.1, 0.15) is 6.61 Å². The van der Waals surface area contributed by atoms with Gasteiger partial charge in [-0.3, -0.25) is 4.90 Å². The molecule has 102 valence electrons. The van der Waals surface area contributed by atoms with E-state index in [9.17, 15) is 0 Å². The van der Waals surface area contributed by atoms with Crippen molar-refractivity contribution < 1.29 is 5.11 Å². The number of benzene rings is 1. The maximum atomic E-state index is 8.81. The maximum Gasteiger partial charge on any atom is 0.104 e. The van der Waals surface area contributed by atoms with E-state index in [1.807, 2.05) is 12.1 Å². The molecule has 1 aliphatic rings. The van der Waals surface area contributed by atoms with Crippen LogP contribution in [0.2, 0.25) is 0 Å². The zero-order valence-corrected chi connectivity index (χ0v) is 11.7. The van der Waals surface area contributed by atoms with Crippen LogP contribution in [0.5, 0.6) is 0 Å². The quantitative estimate of drug-likeness (QED) is 0.842. The van der Waals surface area contributed by atoms with E-state index in [0.29, 0.717) is 0 Å². The monoisotopic (exact) mass is 257 g/mol. The van der Waals surface area contributed by atoms with Crippen molar-refractivity contribution in [2.45, 2.75) is 32.7 Å². The summed E-state index contributed by atoms with van der Waals surface area (Å²) in [7, 11) is 0. The highest BCUT2D eigenvalue weighted by molar-refractivity contribution is 5.41. The highest BCUT2D eigenvalue weighted by atomic mass is 16.2. The smallest absolute Gasteiger partial charge is 0.104 e. The summed E-state index contributed by atoms with van der Waals surface area (Å²) >= 11 is 0. The van der Waals surface area contributed by atoms with E-state index in [2.05, 4.69) is 35.8 Å². The van der Waals surface area contributed by atoms with Crippen molar-refractivity contribution in [2.75, 3.05) is 19.7 Å². The summed E-state index contributed by atoms with van der Waals surface area (Å²) in [5.41, 5.74) is 2.33. The van der Waals surface area contributed by atoms with Gasteiger partial charge in [0.25, 0.3) is 0 Å². The predicted octanol–water partition coefficient (Wildman–Crippen LogP) is 2.65. The van der Waals surface area contributed by atoms with Gasteiger partial charge in [0, 0.05) is 12.1 Å². The molecule has 0 saturated carbocycles. The summed E-state index contributed by atoms with van der Waals surface area (Å²) in [4.78, 5) is 2.52. The molecule has 2 nitrogen and oxygen atoms in total. The minimum atomic E-state index is -0.0732. The Hall–Kier alpha value is -1.30. The molecule has 0 unspecified atom stereocenters. The molecule has 1 N–H and O–H groups in total. The summed E-state index contributed by atoms with van der Waals surface area (Å²) in [5.74, 6) is 6.71. The third kappa shape index (κ3) is 4.09. The van der Waals surface area contributed by atoms with Gasteiger partial charge in [-0.1, -0.05) is 43.4 Å². The molecule has 1 saturated heterocycles. The summed E-state index contributed by atoms with van der Waals surface area (Å²) in [5, 5.41) is 8.81. The Morgan fingerprint density at radius 3 is 2.68 bits per heavy atom. The van der Waals surface area contributed by atoms with Gasteiger partial charge in [-0.05, 0) is 43.5 Å². The second kappa shape index (κ2) is 7.33. The second-order valence-corrected chi connectivity index (χ2v) is 5.24. The fourth-order valence-corrected chi connectivity index (χ4v) is 2.71. The van der Waals surface area contributed by atoms with Crippen LogP contribution in [-0.4, -0.2) is 29.7 Å². The van der Waals surface area contributed by atoms with Gasteiger partial charge < -0.3 is 5.11 Å². The molecule has 1 fully saturated rings. The topological polar surface area (TPSA) is 23.5 Å². The van der Waals surface area contributed by atoms with Crippen LogP contribution in [0, 0.1) is 17.8 Å². The third-order valence-electron chi connectivity index (χ3n) is 4.00. The maximum absolute atomic E-state index is 8.81. The molecule has 19 heavy (non-hydrogen) atoms. The molecule has 0 spiro atoms. The Bertz CT molecular complexity index is 450. The number of hydrogen-bond acceptors (Lipinski definition) is 2. The lowest BCUT2D eigenvalue weighted by Crippen LogP contribution is -2.33. The molecule has 0 aliphatic carbocycles. The lowest BCUT2D eigenvalue weighted by Gasteiger charge is -2.31. The van der Waals surface area contributed by atoms with Crippen molar-refractivity contribution >= 4 is 0 Å². The molecule has 0 atom stereocenters. The number of aliphatic hydroxyl groups excluding tert-OH is 1. The summed E-state index contributed by atoms with van der Waals surface area (Å²) in [6, 6.07) is 8.26. The molecule has 2 heteroatoms. The molecule has 1 aromatic carbocycles. The van der Waals surface area contributed by atoms with Gasteiger partial charge in [0.2, 0.25) is 0 Å². The SMILES string of the molecule is CCC1CCN(Cc2ccccc2C#CCO)CC1. The van der Waals surface area contributed by atoms with E-state index < -0.39 is 0 Å². The van der Waals surface area contributed by atoms with Crippen molar-refractivity contribution in [3.8, 4) is 11.8 Å². The van der Waals surface area contributed by atoms with Crippen molar-refractivity contribution in [3.63, 3.8) is 0 Å². The lowest BCUT2D eigenvalue weighted by atomic mass is 9.94.